The molecule has 0 amide bonds. The summed E-state index contributed by atoms with van der Waals surface area (Å²) >= 11 is 3.31. The zero-order valence-corrected chi connectivity index (χ0v) is 9.85. The van der Waals surface area contributed by atoms with Gasteiger partial charge in [0.1, 0.15) is 9.92 Å². The summed E-state index contributed by atoms with van der Waals surface area (Å²) < 4.78 is 21.2. The molecule has 0 aliphatic carbocycles. The summed E-state index contributed by atoms with van der Waals surface area (Å²) in [4.78, 5) is 0. The van der Waals surface area contributed by atoms with Gasteiger partial charge in [-0.05, 0) is 24.3 Å². The van der Waals surface area contributed by atoms with E-state index in [2.05, 4.69) is 15.9 Å². The molecule has 0 saturated carbocycles. The van der Waals surface area contributed by atoms with Gasteiger partial charge < -0.3 is 0 Å². The Hall–Kier alpha value is -0.550. The molecular formula is C8H11BrN2OS. The van der Waals surface area contributed by atoms with E-state index in [-0.39, 0.29) is 0 Å². The average molecular weight is 263 g/mol. The first-order valence-corrected chi connectivity index (χ1v) is 6.36. The number of hydrogen-bond donors (Lipinski definition) is 1. The molecular weight excluding hydrogens is 252 g/mol. The van der Waals surface area contributed by atoms with Gasteiger partial charge >= 0.3 is 0 Å². The fourth-order valence-corrected chi connectivity index (χ4v) is 1.64. The minimum absolute atomic E-state index is 0.783. The van der Waals surface area contributed by atoms with Gasteiger partial charge in [-0.2, -0.15) is 0 Å². The molecule has 5 heteroatoms. The van der Waals surface area contributed by atoms with Crippen LogP contribution in [0.1, 0.15) is 0 Å². The second kappa shape index (κ2) is 3.67. The first-order valence-electron chi connectivity index (χ1n) is 3.64. The predicted molar refractivity (Wildman–Crippen MR) is 59.3 cm³/mol. The number of nitrogens with zero attached hydrogens (tertiary/aromatic N) is 1. The Morgan fingerprint density at radius 2 is 1.85 bits per heavy atom. The van der Waals surface area contributed by atoms with Crippen molar-refractivity contribution in [2.24, 2.45) is 0 Å². The SMILES string of the molecule is CN(c1ccc(Br)cc1)S(C)(=N)=O. The Bertz CT molecular complexity index is 385. The van der Waals surface area contributed by atoms with Crippen molar-refractivity contribution in [3.8, 4) is 0 Å². The van der Waals surface area contributed by atoms with Crippen molar-refractivity contribution in [3.63, 3.8) is 0 Å². The summed E-state index contributed by atoms with van der Waals surface area (Å²) in [6, 6.07) is 7.36. The lowest BCUT2D eigenvalue weighted by Gasteiger charge is -2.18. The second-order valence-corrected chi connectivity index (χ2v) is 5.84. The molecule has 72 valence electrons. The number of rotatable bonds is 2. The minimum atomic E-state index is -2.65. The Kier molecular flexibility index (Phi) is 2.98. The number of halogens is 1. The van der Waals surface area contributed by atoms with Crippen LogP contribution in [-0.4, -0.2) is 17.5 Å². The monoisotopic (exact) mass is 262 g/mol. The van der Waals surface area contributed by atoms with Crippen LogP contribution in [0, 0.1) is 4.78 Å². The van der Waals surface area contributed by atoms with Gasteiger partial charge in [0.25, 0.3) is 0 Å². The fraction of sp³-hybridized carbons (Fsp3) is 0.250. The zero-order valence-electron chi connectivity index (χ0n) is 7.45. The van der Waals surface area contributed by atoms with Crippen molar-refractivity contribution in [3.05, 3.63) is 28.7 Å². The van der Waals surface area contributed by atoms with E-state index in [1.54, 1.807) is 7.05 Å². The van der Waals surface area contributed by atoms with Crippen LogP contribution in [0.25, 0.3) is 0 Å². The Balaban J connectivity index is 3.04. The van der Waals surface area contributed by atoms with Crippen molar-refractivity contribution < 1.29 is 4.21 Å². The molecule has 1 atom stereocenters. The second-order valence-electron chi connectivity index (χ2n) is 2.78. The van der Waals surface area contributed by atoms with Gasteiger partial charge in [0, 0.05) is 23.5 Å². The van der Waals surface area contributed by atoms with Crippen LogP contribution in [0.2, 0.25) is 0 Å². The quantitative estimate of drug-likeness (QED) is 0.875. The Morgan fingerprint density at radius 3 is 2.23 bits per heavy atom. The highest BCUT2D eigenvalue weighted by molar-refractivity contribution is 9.10. The van der Waals surface area contributed by atoms with Gasteiger partial charge in [0.15, 0.2) is 0 Å². The van der Waals surface area contributed by atoms with Crippen molar-refractivity contribution in [2.75, 3.05) is 17.6 Å². The maximum absolute atomic E-state index is 11.4. The lowest BCUT2D eigenvalue weighted by molar-refractivity contribution is 0.677. The molecule has 0 heterocycles. The van der Waals surface area contributed by atoms with E-state index in [1.807, 2.05) is 24.3 Å². The molecule has 1 rings (SSSR count). The van der Waals surface area contributed by atoms with E-state index in [9.17, 15) is 4.21 Å². The number of anilines is 1. The summed E-state index contributed by atoms with van der Waals surface area (Å²) in [7, 11) is -0.999. The van der Waals surface area contributed by atoms with Crippen LogP contribution in [0.5, 0.6) is 0 Å². The third-order valence-electron chi connectivity index (χ3n) is 1.71. The van der Waals surface area contributed by atoms with Crippen LogP contribution in [0.15, 0.2) is 28.7 Å². The molecule has 1 N–H and O–H groups in total. The molecule has 0 fully saturated rings. The van der Waals surface area contributed by atoms with Gasteiger partial charge in [0.2, 0.25) is 0 Å². The molecule has 13 heavy (non-hydrogen) atoms. The first-order chi connectivity index (χ1) is 5.91. The molecule has 0 bridgehead atoms. The highest BCUT2D eigenvalue weighted by atomic mass is 79.9. The maximum atomic E-state index is 11.4. The lowest BCUT2D eigenvalue weighted by Crippen LogP contribution is -2.23. The van der Waals surface area contributed by atoms with E-state index in [0.717, 1.165) is 10.2 Å². The van der Waals surface area contributed by atoms with Crippen LogP contribution in [0.3, 0.4) is 0 Å². The van der Waals surface area contributed by atoms with E-state index < -0.39 is 9.92 Å². The Morgan fingerprint density at radius 1 is 1.38 bits per heavy atom. The van der Waals surface area contributed by atoms with Gasteiger partial charge in [-0.1, -0.05) is 15.9 Å². The molecule has 0 aliphatic heterocycles. The normalized spacial score (nSPS) is 15.0. The third-order valence-corrected chi connectivity index (χ3v) is 3.50. The summed E-state index contributed by atoms with van der Waals surface area (Å²) in [5.74, 6) is 0. The van der Waals surface area contributed by atoms with Crippen molar-refractivity contribution in [1.82, 2.24) is 0 Å². The molecule has 1 aromatic rings. The van der Waals surface area contributed by atoms with Crippen molar-refractivity contribution in [2.45, 2.75) is 0 Å². The molecule has 1 aromatic carbocycles. The highest BCUT2D eigenvalue weighted by Gasteiger charge is 2.07. The van der Waals surface area contributed by atoms with Crippen LogP contribution in [-0.2, 0) is 9.92 Å². The average Bonchev–Trinajstić information content (AvgIpc) is 2.03. The minimum Gasteiger partial charge on any atom is -0.289 e. The molecule has 3 nitrogen and oxygen atoms in total. The van der Waals surface area contributed by atoms with E-state index in [4.69, 9.17) is 4.78 Å². The molecule has 0 spiro atoms. The van der Waals surface area contributed by atoms with Gasteiger partial charge in [-0.3, -0.25) is 4.31 Å². The predicted octanol–water partition coefficient (Wildman–Crippen LogP) is 2.48. The van der Waals surface area contributed by atoms with Crippen LogP contribution < -0.4 is 4.31 Å². The number of hydrogen-bond acceptors (Lipinski definition) is 2. The van der Waals surface area contributed by atoms with Crippen LogP contribution in [0.4, 0.5) is 5.69 Å². The van der Waals surface area contributed by atoms with Crippen molar-refractivity contribution >= 4 is 31.5 Å². The Labute approximate surface area is 87.0 Å². The zero-order chi connectivity index (χ0) is 10.1. The number of nitrogens with one attached hydrogen (secondary N) is 1. The number of benzene rings is 1. The molecule has 0 saturated heterocycles. The van der Waals surface area contributed by atoms with Crippen molar-refractivity contribution in [1.29, 1.82) is 4.78 Å². The van der Waals surface area contributed by atoms with E-state index in [0.29, 0.717) is 0 Å². The lowest BCUT2D eigenvalue weighted by atomic mass is 10.3. The smallest absolute Gasteiger partial charge is 0.125 e. The fourth-order valence-electron chi connectivity index (χ4n) is 0.852. The standard InChI is InChI=1S/C8H11BrN2OS/c1-11(13(2,10)12)8-5-3-7(9)4-6-8/h3-6,10H,1-2H3. The molecule has 0 aromatic heterocycles. The summed E-state index contributed by atoms with van der Waals surface area (Å²) in [5.41, 5.74) is 0.783. The molecule has 0 radical (unpaired) electrons. The summed E-state index contributed by atoms with van der Waals surface area (Å²) in [5, 5.41) is 0. The molecule has 0 aliphatic rings. The highest BCUT2D eigenvalue weighted by Crippen LogP contribution is 2.18. The summed E-state index contributed by atoms with van der Waals surface area (Å²) in [6.07, 6.45) is 1.40. The van der Waals surface area contributed by atoms with Gasteiger partial charge in [0.05, 0.1) is 0 Å². The topological polar surface area (TPSA) is 44.2 Å². The van der Waals surface area contributed by atoms with Gasteiger partial charge in [-0.25, -0.2) is 8.99 Å². The summed E-state index contributed by atoms with van der Waals surface area (Å²) in [6.45, 7) is 0. The van der Waals surface area contributed by atoms with Crippen LogP contribution >= 0.6 is 15.9 Å². The first kappa shape index (κ1) is 10.5. The molecule has 1 unspecified atom stereocenters. The maximum Gasteiger partial charge on any atom is 0.125 e. The largest absolute Gasteiger partial charge is 0.289 e. The van der Waals surface area contributed by atoms with E-state index >= 15 is 0 Å². The van der Waals surface area contributed by atoms with Gasteiger partial charge in [-0.15, -0.1) is 0 Å². The third kappa shape index (κ3) is 2.70. The van der Waals surface area contributed by atoms with E-state index in [1.165, 1.54) is 10.6 Å².